The zero-order chi connectivity index (χ0) is 16.2. The molecule has 1 atom stereocenters. The molecule has 1 aromatic carbocycles. The number of carbonyl (C=O) groups is 1. The lowest BCUT2D eigenvalue weighted by Crippen LogP contribution is -2.52. The van der Waals surface area contributed by atoms with Crippen molar-refractivity contribution in [3.63, 3.8) is 0 Å². The number of hydrogen-bond acceptors (Lipinski definition) is 4. The molecule has 134 valence electrons. The molecule has 1 aromatic rings. The second-order valence-electron chi connectivity index (χ2n) is 6.81. The fraction of sp³-hybridized carbons (Fsp3) is 0.611. The van der Waals surface area contributed by atoms with Gasteiger partial charge in [-0.05, 0) is 50.1 Å². The quantitative estimate of drug-likeness (QED) is 0.865. The van der Waals surface area contributed by atoms with Crippen LogP contribution in [0.2, 0.25) is 0 Å². The van der Waals surface area contributed by atoms with E-state index in [4.69, 9.17) is 0 Å². The summed E-state index contributed by atoms with van der Waals surface area (Å²) in [5.41, 5.74) is 3.36. The Morgan fingerprint density at radius 3 is 2.58 bits per heavy atom. The smallest absolute Gasteiger partial charge is 0.238 e. The van der Waals surface area contributed by atoms with Crippen LogP contribution in [0.25, 0.3) is 0 Å². The average Bonchev–Trinajstić information content (AvgIpc) is 3.06. The first kappa shape index (κ1) is 19.2. The Balaban J connectivity index is 0.00000208. The summed E-state index contributed by atoms with van der Waals surface area (Å²) in [6.45, 7) is 11.0. The molecular formula is C18H29ClN4O. The molecule has 2 fully saturated rings. The van der Waals surface area contributed by atoms with Crippen molar-refractivity contribution < 1.29 is 4.79 Å². The van der Waals surface area contributed by atoms with Crippen LogP contribution in [-0.4, -0.2) is 67.6 Å². The molecule has 1 unspecified atom stereocenters. The second-order valence-corrected chi connectivity index (χ2v) is 6.81. The molecule has 3 rings (SSSR count). The molecular weight excluding hydrogens is 324 g/mol. The molecule has 0 bridgehead atoms. The topological polar surface area (TPSA) is 47.6 Å². The van der Waals surface area contributed by atoms with Gasteiger partial charge in [-0.1, -0.05) is 6.07 Å². The van der Waals surface area contributed by atoms with Crippen molar-refractivity contribution in [3.8, 4) is 0 Å². The van der Waals surface area contributed by atoms with Crippen molar-refractivity contribution in [3.05, 3.63) is 29.3 Å². The number of hydrogen-bond donors (Lipinski definition) is 2. The zero-order valence-corrected chi connectivity index (χ0v) is 15.5. The predicted octanol–water partition coefficient (Wildman–Crippen LogP) is 1.64. The van der Waals surface area contributed by atoms with Crippen LogP contribution in [0.1, 0.15) is 17.5 Å². The van der Waals surface area contributed by atoms with Gasteiger partial charge in [0.2, 0.25) is 5.91 Å². The summed E-state index contributed by atoms with van der Waals surface area (Å²) < 4.78 is 0. The van der Waals surface area contributed by atoms with Gasteiger partial charge in [0.1, 0.15) is 0 Å². The Morgan fingerprint density at radius 2 is 1.96 bits per heavy atom. The van der Waals surface area contributed by atoms with E-state index < -0.39 is 0 Å². The number of nitrogens with zero attached hydrogens (tertiary/aromatic N) is 2. The van der Waals surface area contributed by atoms with Crippen molar-refractivity contribution in [2.45, 2.75) is 26.3 Å². The Morgan fingerprint density at radius 1 is 1.21 bits per heavy atom. The highest BCUT2D eigenvalue weighted by Gasteiger charge is 2.26. The number of anilines is 1. The van der Waals surface area contributed by atoms with Crippen LogP contribution >= 0.6 is 12.4 Å². The van der Waals surface area contributed by atoms with Crippen LogP contribution in [-0.2, 0) is 4.79 Å². The SMILES string of the molecule is Cc1ccc(NC(=O)CN2CCN(C3CCNC3)CC2)cc1C.Cl. The van der Waals surface area contributed by atoms with Crippen LogP contribution in [0.4, 0.5) is 5.69 Å². The number of benzene rings is 1. The van der Waals surface area contributed by atoms with Crippen molar-refractivity contribution >= 4 is 24.0 Å². The van der Waals surface area contributed by atoms with Gasteiger partial charge in [-0.2, -0.15) is 0 Å². The summed E-state index contributed by atoms with van der Waals surface area (Å²) in [6, 6.07) is 6.77. The van der Waals surface area contributed by atoms with Crippen LogP contribution in [0.5, 0.6) is 0 Å². The van der Waals surface area contributed by atoms with E-state index in [2.05, 4.69) is 40.3 Å². The molecule has 0 saturated carbocycles. The van der Waals surface area contributed by atoms with Gasteiger partial charge in [0.15, 0.2) is 0 Å². The number of amides is 1. The fourth-order valence-electron chi connectivity index (χ4n) is 3.46. The van der Waals surface area contributed by atoms with Crippen LogP contribution in [0.3, 0.4) is 0 Å². The predicted molar refractivity (Wildman–Crippen MR) is 101 cm³/mol. The summed E-state index contributed by atoms with van der Waals surface area (Å²) in [4.78, 5) is 17.1. The molecule has 2 aliphatic heterocycles. The van der Waals surface area contributed by atoms with Gasteiger partial charge < -0.3 is 10.6 Å². The average molecular weight is 353 g/mol. The number of rotatable bonds is 4. The highest BCUT2D eigenvalue weighted by molar-refractivity contribution is 5.92. The minimum absolute atomic E-state index is 0. The zero-order valence-electron chi connectivity index (χ0n) is 14.7. The minimum Gasteiger partial charge on any atom is -0.325 e. The molecule has 24 heavy (non-hydrogen) atoms. The minimum atomic E-state index is 0. The lowest BCUT2D eigenvalue weighted by atomic mass is 10.1. The fourth-order valence-corrected chi connectivity index (χ4v) is 3.46. The normalized spacial score (nSPS) is 22.2. The maximum absolute atomic E-state index is 12.2. The Labute approximate surface area is 151 Å². The molecule has 0 aromatic heterocycles. The molecule has 6 heteroatoms. The third kappa shape index (κ3) is 4.93. The van der Waals surface area contributed by atoms with E-state index >= 15 is 0 Å². The molecule has 0 aliphatic carbocycles. The van der Waals surface area contributed by atoms with Gasteiger partial charge in [0.25, 0.3) is 0 Å². The van der Waals surface area contributed by atoms with Gasteiger partial charge in [-0.15, -0.1) is 12.4 Å². The number of nitrogens with one attached hydrogen (secondary N) is 2. The first-order chi connectivity index (χ1) is 11.1. The first-order valence-electron chi connectivity index (χ1n) is 8.66. The van der Waals surface area contributed by atoms with Crippen LogP contribution in [0.15, 0.2) is 18.2 Å². The number of aryl methyl sites for hydroxylation is 2. The largest absolute Gasteiger partial charge is 0.325 e. The summed E-state index contributed by atoms with van der Waals surface area (Å²) >= 11 is 0. The maximum Gasteiger partial charge on any atom is 0.238 e. The Hall–Kier alpha value is -1.14. The molecule has 2 N–H and O–H groups in total. The lowest BCUT2D eigenvalue weighted by molar-refractivity contribution is -0.117. The van der Waals surface area contributed by atoms with Crippen molar-refractivity contribution in [1.82, 2.24) is 15.1 Å². The number of carbonyl (C=O) groups excluding carboxylic acids is 1. The van der Waals surface area contributed by atoms with Crippen LogP contribution < -0.4 is 10.6 Å². The molecule has 1 amide bonds. The maximum atomic E-state index is 12.2. The molecule has 2 aliphatic rings. The second kappa shape index (κ2) is 8.81. The molecule has 5 nitrogen and oxygen atoms in total. The molecule has 0 radical (unpaired) electrons. The van der Waals surface area contributed by atoms with Crippen molar-refractivity contribution in [2.24, 2.45) is 0 Å². The first-order valence-corrected chi connectivity index (χ1v) is 8.66. The number of piperazine rings is 1. The van der Waals surface area contributed by atoms with Gasteiger partial charge in [0.05, 0.1) is 6.54 Å². The number of halogens is 1. The van der Waals surface area contributed by atoms with E-state index in [-0.39, 0.29) is 18.3 Å². The third-order valence-corrected chi connectivity index (χ3v) is 5.12. The van der Waals surface area contributed by atoms with Gasteiger partial charge in [0, 0.05) is 44.5 Å². The van der Waals surface area contributed by atoms with Crippen molar-refractivity contribution in [2.75, 3.05) is 51.1 Å². The summed E-state index contributed by atoms with van der Waals surface area (Å²) in [5.74, 6) is 0.0873. The van der Waals surface area contributed by atoms with E-state index in [0.717, 1.165) is 45.0 Å². The Kier molecular flexibility index (Phi) is 7.04. The standard InChI is InChI=1S/C18H28N4O.ClH/c1-14-3-4-16(11-15(14)2)20-18(23)13-21-7-9-22(10-8-21)17-5-6-19-12-17;/h3-4,11,17,19H,5-10,12-13H2,1-2H3,(H,20,23);1H. The monoisotopic (exact) mass is 352 g/mol. The Bertz CT molecular complexity index is 552. The molecule has 2 heterocycles. The summed E-state index contributed by atoms with van der Waals surface area (Å²) in [6.07, 6.45) is 1.26. The highest BCUT2D eigenvalue weighted by atomic mass is 35.5. The lowest BCUT2D eigenvalue weighted by Gasteiger charge is -2.37. The van der Waals surface area contributed by atoms with E-state index in [9.17, 15) is 4.79 Å². The van der Waals surface area contributed by atoms with E-state index in [1.807, 2.05) is 12.1 Å². The van der Waals surface area contributed by atoms with E-state index in [1.165, 1.54) is 17.5 Å². The molecule has 2 saturated heterocycles. The molecule has 0 spiro atoms. The van der Waals surface area contributed by atoms with Gasteiger partial charge in [-0.3, -0.25) is 14.6 Å². The summed E-state index contributed by atoms with van der Waals surface area (Å²) in [7, 11) is 0. The third-order valence-electron chi connectivity index (χ3n) is 5.12. The van der Waals surface area contributed by atoms with Crippen molar-refractivity contribution in [1.29, 1.82) is 0 Å². The van der Waals surface area contributed by atoms with Gasteiger partial charge in [-0.25, -0.2) is 0 Å². The van der Waals surface area contributed by atoms with Crippen LogP contribution in [0, 0.1) is 13.8 Å². The highest BCUT2D eigenvalue weighted by Crippen LogP contribution is 2.15. The summed E-state index contributed by atoms with van der Waals surface area (Å²) in [5, 5.41) is 6.45. The van der Waals surface area contributed by atoms with E-state index in [1.54, 1.807) is 0 Å². The van der Waals surface area contributed by atoms with E-state index in [0.29, 0.717) is 12.6 Å². The van der Waals surface area contributed by atoms with Gasteiger partial charge >= 0.3 is 0 Å².